The Morgan fingerprint density at radius 2 is 1.58 bits per heavy atom. The fourth-order valence-corrected chi connectivity index (χ4v) is 6.49. The largest absolute Gasteiger partial charge is 0.481 e. The van der Waals surface area contributed by atoms with E-state index in [2.05, 4.69) is 10.3 Å². The first-order chi connectivity index (χ1) is 23.3. The van der Waals surface area contributed by atoms with Crippen molar-refractivity contribution in [2.24, 2.45) is 0 Å². The number of aliphatic hydroxyl groups is 1. The lowest BCUT2D eigenvalue weighted by atomic mass is 9.97. The Balaban J connectivity index is 1.29. The minimum Gasteiger partial charge on any atom is -0.481 e. The predicted molar refractivity (Wildman–Crippen MR) is 180 cm³/mol. The molecule has 10 nitrogen and oxygen atoms in total. The third-order valence-electron chi connectivity index (χ3n) is 8.05. The van der Waals surface area contributed by atoms with Gasteiger partial charge in [-0.25, -0.2) is 9.78 Å². The van der Waals surface area contributed by atoms with Gasteiger partial charge in [-0.2, -0.15) is 0 Å². The second kappa shape index (κ2) is 17.0. The summed E-state index contributed by atoms with van der Waals surface area (Å²) in [6.07, 6.45) is 2.20. The Kier molecular flexibility index (Phi) is 12.3. The van der Waals surface area contributed by atoms with Gasteiger partial charge in [0.25, 0.3) is 0 Å². The fraction of sp³-hybridized carbons (Fsp3) is 0.297. The summed E-state index contributed by atoms with van der Waals surface area (Å²) >= 11 is 1.34. The van der Waals surface area contributed by atoms with E-state index in [1.807, 2.05) is 72.8 Å². The van der Waals surface area contributed by atoms with Crippen LogP contribution in [0.4, 0.5) is 0 Å². The van der Waals surface area contributed by atoms with E-state index in [9.17, 15) is 24.6 Å². The topological polar surface area (TPSA) is 155 Å². The van der Waals surface area contributed by atoms with E-state index >= 15 is 0 Å². The number of benzene rings is 3. The zero-order valence-corrected chi connectivity index (χ0v) is 27.1. The van der Waals surface area contributed by atoms with E-state index in [4.69, 9.17) is 14.6 Å². The number of ether oxygens (including phenoxy) is 2. The summed E-state index contributed by atoms with van der Waals surface area (Å²) in [5, 5.41) is 31.3. The molecule has 4 aromatic rings. The van der Waals surface area contributed by atoms with Crippen molar-refractivity contribution in [1.82, 2.24) is 10.3 Å². The molecule has 1 aliphatic rings. The van der Waals surface area contributed by atoms with Crippen LogP contribution < -0.4 is 5.32 Å². The van der Waals surface area contributed by atoms with Gasteiger partial charge >= 0.3 is 11.9 Å². The molecule has 3 aromatic carbocycles. The molecule has 0 saturated carbocycles. The monoisotopic (exact) mass is 670 g/mol. The molecule has 0 spiro atoms. The van der Waals surface area contributed by atoms with Gasteiger partial charge in [0, 0.05) is 43.3 Å². The highest BCUT2D eigenvalue weighted by Crippen LogP contribution is 2.40. The molecule has 1 saturated heterocycles. The average molecular weight is 671 g/mol. The number of carbonyl (C=O) groups is 3. The molecule has 0 aliphatic carbocycles. The number of pyridine rings is 1. The van der Waals surface area contributed by atoms with Crippen LogP contribution in [0.25, 0.3) is 11.1 Å². The highest BCUT2D eigenvalue weighted by atomic mass is 32.2. The normalized spacial score (nSPS) is 17.5. The molecule has 0 unspecified atom stereocenters. The van der Waals surface area contributed by atoms with Crippen molar-refractivity contribution in [2.45, 2.75) is 68.8 Å². The molecule has 2 heterocycles. The molecule has 3 atom stereocenters. The summed E-state index contributed by atoms with van der Waals surface area (Å²) in [7, 11) is 0. The predicted octanol–water partition coefficient (Wildman–Crippen LogP) is 6.54. The van der Waals surface area contributed by atoms with Gasteiger partial charge < -0.3 is 30.1 Å². The van der Waals surface area contributed by atoms with Gasteiger partial charge in [0.15, 0.2) is 6.29 Å². The molecule has 1 amide bonds. The SMILES string of the molecule is O=C(O)CCCCC(=O)NCc1ccccc1-c1ccc([C@@H]2O[C@H](CSc3ncccc3C(=O)O)C[C@H](c3ccc(CO)cc3)O2)cc1. The molecule has 1 aliphatic heterocycles. The molecule has 5 rings (SSSR count). The maximum Gasteiger partial charge on any atom is 0.338 e. The van der Waals surface area contributed by atoms with Crippen LogP contribution in [0.2, 0.25) is 0 Å². The fourth-order valence-electron chi connectivity index (χ4n) is 5.48. The summed E-state index contributed by atoms with van der Waals surface area (Å²) in [6, 6.07) is 26.5. The summed E-state index contributed by atoms with van der Waals surface area (Å²) in [5.41, 5.74) is 5.61. The van der Waals surface area contributed by atoms with E-state index in [-0.39, 0.29) is 43.1 Å². The molecule has 0 radical (unpaired) electrons. The molecule has 11 heteroatoms. The molecular formula is C37H38N2O8S. The van der Waals surface area contributed by atoms with Crippen LogP contribution >= 0.6 is 11.8 Å². The number of aromatic carboxylic acids is 1. The van der Waals surface area contributed by atoms with E-state index in [0.717, 1.165) is 33.4 Å². The van der Waals surface area contributed by atoms with Crippen molar-refractivity contribution in [3.63, 3.8) is 0 Å². The highest BCUT2D eigenvalue weighted by Gasteiger charge is 2.32. The van der Waals surface area contributed by atoms with Gasteiger partial charge in [0.2, 0.25) is 5.91 Å². The number of amides is 1. The minimum absolute atomic E-state index is 0.0523. The van der Waals surface area contributed by atoms with Crippen LogP contribution in [0.5, 0.6) is 0 Å². The number of aliphatic carboxylic acids is 1. The summed E-state index contributed by atoms with van der Waals surface area (Å²) < 4.78 is 12.9. The van der Waals surface area contributed by atoms with Crippen LogP contribution in [0.15, 0.2) is 96.2 Å². The number of hydrogen-bond acceptors (Lipinski definition) is 8. The Morgan fingerprint density at radius 3 is 2.31 bits per heavy atom. The van der Waals surface area contributed by atoms with Crippen LogP contribution in [0.3, 0.4) is 0 Å². The summed E-state index contributed by atoms with van der Waals surface area (Å²) in [6.45, 7) is 0.295. The molecule has 250 valence electrons. The van der Waals surface area contributed by atoms with Crippen molar-refractivity contribution in [1.29, 1.82) is 0 Å². The zero-order chi connectivity index (χ0) is 33.9. The van der Waals surface area contributed by atoms with Gasteiger partial charge in [-0.05, 0) is 52.8 Å². The van der Waals surface area contributed by atoms with Crippen LogP contribution in [0.1, 0.15) is 77.1 Å². The number of carbonyl (C=O) groups excluding carboxylic acids is 1. The Hall–Kier alpha value is -4.55. The van der Waals surface area contributed by atoms with E-state index in [1.165, 1.54) is 17.8 Å². The lowest BCUT2D eigenvalue weighted by Crippen LogP contribution is -2.31. The van der Waals surface area contributed by atoms with Gasteiger partial charge in [0.05, 0.1) is 24.4 Å². The maximum absolute atomic E-state index is 12.4. The van der Waals surface area contributed by atoms with Crippen LogP contribution in [-0.4, -0.2) is 50.0 Å². The quantitative estimate of drug-likeness (QED) is 0.0810. The average Bonchev–Trinajstić information content (AvgIpc) is 3.11. The first kappa shape index (κ1) is 34.8. The van der Waals surface area contributed by atoms with Crippen molar-refractivity contribution in [3.8, 4) is 11.1 Å². The van der Waals surface area contributed by atoms with Crippen LogP contribution in [-0.2, 0) is 32.2 Å². The second-order valence-corrected chi connectivity index (χ2v) is 12.5. The number of nitrogens with one attached hydrogen (secondary N) is 1. The first-order valence-corrected chi connectivity index (χ1v) is 16.8. The smallest absolute Gasteiger partial charge is 0.338 e. The number of unbranched alkanes of at least 4 members (excludes halogenated alkanes) is 1. The Labute approximate surface area is 283 Å². The number of thioether (sulfide) groups is 1. The molecule has 48 heavy (non-hydrogen) atoms. The van der Waals surface area contributed by atoms with E-state index in [1.54, 1.807) is 12.3 Å². The van der Waals surface area contributed by atoms with Gasteiger partial charge in [-0.1, -0.05) is 72.8 Å². The first-order valence-electron chi connectivity index (χ1n) is 15.8. The number of rotatable bonds is 15. The maximum atomic E-state index is 12.4. The number of nitrogens with zero attached hydrogens (tertiary/aromatic N) is 1. The standard InChI is InChI=1S/C37H38N2O8S/c40-22-24-11-13-26(14-12-24)32-20-29(23-48-35-31(36(44)45)8-5-19-38-35)46-37(47-32)27-17-15-25(16-18-27)30-7-2-1-6-28(30)21-39-33(41)9-3-4-10-34(42)43/h1-2,5-8,11-19,29,32,37,40H,3-4,9-10,20-23H2,(H,39,41)(H,42,43)(H,44,45)/t29-,32+,37+/m0/s1. The number of carboxylic acid groups (broad SMARTS) is 2. The van der Waals surface area contributed by atoms with Crippen molar-refractivity contribution in [2.75, 3.05) is 5.75 Å². The molecule has 1 aromatic heterocycles. The van der Waals surface area contributed by atoms with Gasteiger partial charge in [-0.3, -0.25) is 9.59 Å². The summed E-state index contributed by atoms with van der Waals surface area (Å²) in [4.78, 5) is 39.1. The molecule has 4 N–H and O–H groups in total. The molecular weight excluding hydrogens is 632 g/mol. The van der Waals surface area contributed by atoms with Gasteiger partial charge in [0.1, 0.15) is 5.03 Å². The zero-order valence-electron chi connectivity index (χ0n) is 26.3. The van der Waals surface area contributed by atoms with Gasteiger partial charge in [-0.15, -0.1) is 11.8 Å². The Bertz CT molecular complexity index is 1700. The summed E-state index contributed by atoms with van der Waals surface area (Å²) in [5.74, 6) is -1.54. The van der Waals surface area contributed by atoms with E-state index < -0.39 is 18.2 Å². The van der Waals surface area contributed by atoms with Crippen molar-refractivity contribution >= 4 is 29.6 Å². The van der Waals surface area contributed by atoms with Crippen LogP contribution in [0, 0.1) is 0 Å². The second-order valence-electron chi connectivity index (χ2n) is 11.5. The molecule has 1 fully saturated rings. The third-order valence-corrected chi connectivity index (χ3v) is 9.19. The Morgan fingerprint density at radius 1 is 0.854 bits per heavy atom. The minimum atomic E-state index is -1.03. The van der Waals surface area contributed by atoms with Crippen molar-refractivity contribution < 1.29 is 39.2 Å². The van der Waals surface area contributed by atoms with E-state index in [0.29, 0.717) is 36.6 Å². The lowest BCUT2D eigenvalue weighted by Gasteiger charge is -2.36. The number of aromatic nitrogens is 1. The lowest BCUT2D eigenvalue weighted by molar-refractivity contribution is -0.245. The number of carboxylic acids is 2. The third kappa shape index (κ3) is 9.51. The van der Waals surface area contributed by atoms with Crippen molar-refractivity contribution in [3.05, 3.63) is 119 Å². The molecule has 0 bridgehead atoms. The highest BCUT2D eigenvalue weighted by molar-refractivity contribution is 7.99. The number of hydrogen-bond donors (Lipinski definition) is 4. The number of aliphatic hydroxyl groups excluding tert-OH is 1.